The minimum absolute atomic E-state index is 0.164. The van der Waals surface area contributed by atoms with Crippen LogP contribution in [0.2, 0.25) is 0 Å². The van der Waals surface area contributed by atoms with Gasteiger partial charge in [-0.1, -0.05) is 36.4 Å². The smallest absolute Gasteiger partial charge is 0.404 e. The number of benzene rings is 2. The Morgan fingerprint density at radius 1 is 1.16 bits per heavy atom. The molecule has 0 spiro atoms. The van der Waals surface area contributed by atoms with E-state index < -0.39 is 6.09 Å². The minimum Gasteiger partial charge on any atom is -0.486 e. The fourth-order valence-electron chi connectivity index (χ4n) is 4.20. The maximum atomic E-state index is 13.5. The van der Waals surface area contributed by atoms with Gasteiger partial charge >= 0.3 is 6.09 Å². The van der Waals surface area contributed by atoms with Crippen LogP contribution in [-0.4, -0.2) is 55.3 Å². The van der Waals surface area contributed by atoms with Gasteiger partial charge in [0, 0.05) is 44.6 Å². The first-order chi connectivity index (χ1) is 18.0. The predicted octanol–water partition coefficient (Wildman–Crippen LogP) is 4.00. The van der Waals surface area contributed by atoms with Gasteiger partial charge < -0.3 is 30.3 Å². The summed E-state index contributed by atoms with van der Waals surface area (Å²) in [7, 11) is 1.92. The van der Waals surface area contributed by atoms with Crippen LogP contribution in [0, 0.1) is 0 Å². The van der Waals surface area contributed by atoms with Crippen LogP contribution in [-0.2, 0) is 4.74 Å². The van der Waals surface area contributed by atoms with E-state index in [9.17, 15) is 9.59 Å². The lowest BCUT2D eigenvalue weighted by molar-refractivity contribution is 0.0989. The Balaban J connectivity index is 1.55. The van der Waals surface area contributed by atoms with E-state index in [1.54, 1.807) is 11.1 Å². The Bertz CT molecular complexity index is 1220. The van der Waals surface area contributed by atoms with Crippen LogP contribution in [0.5, 0.6) is 5.75 Å². The summed E-state index contributed by atoms with van der Waals surface area (Å²) >= 11 is 0. The number of likely N-dealkylation sites (N-methyl/N-ethyl adjacent to an activating group) is 1. The molecule has 1 aromatic heterocycles. The van der Waals surface area contributed by atoms with Crippen LogP contribution in [0.1, 0.15) is 41.8 Å². The molecule has 4 rings (SSSR count). The Morgan fingerprint density at radius 3 is 2.73 bits per heavy atom. The van der Waals surface area contributed by atoms with E-state index in [-0.39, 0.29) is 18.6 Å². The Labute approximate surface area is 216 Å². The number of nitrogens with one attached hydrogen (secondary N) is 1. The number of primary amides is 1. The van der Waals surface area contributed by atoms with Gasteiger partial charge in [-0.2, -0.15) is 4.98 Å². The maximum absolute atomic E-state index is 13.5. The molecule has 1 aliphatic rings. The highest BCUT2D eigenvalue weighted by Crippen LogP contribution is 2.31. The van der Waals surface area contributed by atoms with Crippen molar-refractivity contribution in [3.63, 3.8) is 0 Å². The second-order valence-corrected chi connectivity index (χ2v) is 8.66. The molecule has 0 fully saturated rings. The summed E-state index contributed by atoms with van der Waals surface area (Å²) in [6.45, 7) is 3.97. The van der Waals surface area contributed by atoms with Gasteiger partial charge in [-0.3, -0.25) is 4.79 Å². The number of hydrogen-bond acceptors (Lipinski definition) is 8. The van der Waals surface area contributed by atoms with Gasteiger partial charge in [0.15, 0.2) is 0 Å². The largest absolute Gasteiger partial charge is 0.486 e. The highest BCUT2D eigenvalue weighted by atomic mass is 16.5. The first-order valence-electron chi connectivity index (χ1n) is 12.3. The molecule has 2 heterocycles. The lowest BCUT2D eigenvalue weighted by Crippen LogP contribution is -2.33. The molecular weight excluding hydrogens is 472 g/mol. The second kappa shape index (κ2) is 12.1. The second-order valence-electron chi connectivity index (χ2n) is 8.66. The molecule has 0 unspecified atom stereocenters. The molecule has 1 atom stereocenters. The number of carbonyl (C=O) groups excluding carboxylic acids is 2. The van der Waals surface area contributed by atoms with E-state index in [1.807, 2.05) is 73.5 Å². The molecule has 3 aromatic rings. The van der Waals surface area contributed by atoms with Crippen molar-refractivity contribution in [2.24, 2.45) is 5.73 Å². The molecule has 0 saturated heterocycles. The van der Waals surface area contributed by atoms with Crippen LogP contribution < -0.4 is 25.6 Å². The topological polar surface area (TPSA) is 123 Å². The van der Waals surface area contributed by atoms with Crippen molar-refractivity contribution in [1.82, 2.24) is 9.97 Å². The Hall–Kier alpha value is -4.34. The van der Waals surface area contributed by atoms with Gasteiger partial charge in [-0.25, -0.2) is 9.78 Å². The molecule has 10 heteroatoms. The van der Waals surface area contributed by atoms with Gasteiger partial charge in [0.1, 0.15) is 23.2 Å². The van der Waals surface area contributed by atoms with Gasteiger partial charge in [0.05, 0.1) is 6.61 Å². The average Bonchev–Trinajstić information content (AvgIpc) is 3.02. The Kier molecular flexibility index (Phi) is 8.40. The number of fused-ring (bicyclic) bond motifs is 1. The van der Waals surface area contributed by atoms with E-state index in [2.05, 4.69) is 15.3 Å². The van der Waals surface area contributed by atoms with Crippen molar-refractivity contribution in [2.75, 3.05) is 48.4 Å². The number of anilines is 3. The highest BCUT2D eigenvalue weighted by molar-refractivity contribution is 6.09. The monoisotopic (exact) mass is 504 g/mol. The minimum atomic E-state index is -0.789. The molecule has 37 heavy (non-hydrogen) atoms. The van der Waals surface area contributed by atoms with Crippen molar-refractivity contribution in [3.05, 3.63) is 71.9 Å². The number of carbonyl (C=O) groups is 2. The molecule has 1 aliphatic heterocycles. The molecule has 194 valence electrons. The lowest BCUT2D eigenvalue weighted by atomic mass is 10.0. The summed E-state index contributed by atoms with van der Waals surface area (Å²) in [5.41, 5.74) is 7.25. The number of hydrogen-bond donors (Lipinski definition) is 2. The van der Waals surface area contributed by atoms with E-state index in [0.29, 0.717) is 55.6 Å². The molecule has 0 saturated carbocycles. The molecule has 2 amide bonds. The molecule has 10 nitrogen and oxygen atoms in total. The van der Waals surface area contributed by atoms with Crippen LogP contribution >= 0.6 is 0 Å². The third-order valence-electron chi connectivity index (χ3n) is 6.03. The quantitative estimate of drug-likeness (QED) is 0.397. The van der Waals surface area contributed by atoms with E-state index in [0.717, 1.165) is 11.3 Å². The number of aromatic nitrogens is 2. The van der Waals surface area contributed by atoms with Gasteiger partial charge in [-0.15, -0.1) is 0 Å². The van der Waals surface area contributed by atoms with Gasteiger partial charge in [0.2, 0.25) is 5.95 Å². The third-order valence-corrected chi connectivity index (χ3v) is 6.03. The molecule has 0 radical (unpaired) electrons. The first-order valence-corrected chi connectivity index (χ1v) is 12.3. The molecular formula is C27H32N6O4. The normalized spacial score (nSPS) is 13.9. The SMILES string of the molecule is CCNc1ncc2c(n1)N(C)CCN(c1cccc(O[C@H](CCCOC(N)=O)c3ccccc3)c1)C2=O. The molecule has 3 N–H and O–H groups in total. The zero-order chi connectivity index (χ0) is 26.2. The lowest BCUT2D eigenvalue weighted by Gasteiger charge is -2.23. The predicted molar refractivity (Wildman–Crippen MR) is 142 cm³/mol. The fraction of sp³-hybridized carbons (Fsp3) is 0.333. The van der Waals surface area contributed by atoms with Crippen molar-refractivity contribution < 1.29 is 19.1 Å². The molecule has 0 bridgehead atoms. The van der Waals surface area contributed by atoms with E-state index >= 15 is 0 Å². The summed E-state index contributed by atoms with van der Waals surface area (Å²) < 4.78 is 11.3. The fourth-order valence-corrected chi connectivity index (χ4v) is 4.20. The number of nitrogens with two attached hydrogens (primary N) is 1. The van der Waals surface area contributed by atoms with Crippen LogP contribution in [0.25, 0.3) is 0 Å². The van der Waals surface area contributed by atoms with Crippen molar-refractivity contribution in [1.29, 1.82) is 0 Å². The van der Waals surface area contributed by atoms with Crippen molar-refractivity contribution >= 4 is 29.5 Å². The highest BCUT2D eigenvalue weighted by Gasteiger charge is 2.28. The van der Waals surface area contributed by atoms with Crippen LogP contribution in [0.4, 0.5) is 22.2 Å². The zero-order valence-corrected chi connectivity index (χ0v) is 21.1. The molecule has 2 aromatic carbocycles. The van der Waals surface area contributed by atoms with Gasteiger partial charge in [0.25, 0.3) is 5.91 Å². The number of rotatable bonds is 10. The van der Waals surface area contributed by atoms with E-state index in [1.165, 1.54) is 0 Å². The number of nitrogens with zero attached hydrogens (tertiary/aromatic N) is 4. The summed E-state index contributed by atoms with van der Waals surface area (Å²) in [6, 6.07) is 17.3. The molecule has 0 aliphatic carbocycles. The summed E-state index contributed by atoms with van der Waals surface area (Å²) in [5.74, 6) is 1.57. The first kappa shape index (κ1) is 25.7. The van der Waals surface area contributed by atoms with Crippen LogP contribution in [0.3, 0.4) is 0 Å². The van der Waals surface area contributed by atoms with E-state index in [4.69, 9.17) is 15.2 Å². The summed E-state index contributed by atoms with van der Waals surface area (Å²) in [5, 5.41) is 3.10. The summed E-state index contributed by atoms with van der Waals surface area (Å²) in [4.78, 5) is 37.0. The van der Waals surface area contributed by atoms with Crippen molar-refractivity contribution in [3.8, 4) is 5.75 Å². The number of ether oxygens (including phenoxy) is 2. The van der Waals surface area contributed by atoms with Crippen molar-refractivity contribution in [2.45, 2.75) is 25.9 Å². The summed E-state index contributed by atoms with van der Waals surface area (Å²) in [6.07, 6.45) is 1.73. The zero-order valence-electron chi connectivity index (χ0n) is 21.1. The number of amides is 2. The maximum Gasteiger partial charge on any atom is 0.404 e. The third kappa shape index (κ3) is 6.46. The van der Waals surface area contributed by atoms with Crippen LogP contribution in [0.15, 0.2) is 60.8 Å². The average molecular weight is 505 g/mol. The Morgan fingerprint density at radius 2 is 1.97 bits per heavy atom. The standard InChI is InChI=1S/C27H32N6O4/c1-3-29-27-30-18-22-24(31-27)32(2)14-15-33(25(22)34)20-11-7-12-21(17-20)37-23(13-8-16-36-26(28)35)19-9-5-4-6-10-19/h4-7,9-12,17-18,23H,3,8,13-16H2,1-2H3,(H2,28,35)(H,29,30,31)/t23-/m1/s1. The van der Waals surface area contributed by atoms with Gasteiger partial charge in [-0.05, 0) is 37.5 Å².